The number of aromatic nitrogens is 1. The Balaban J connectivity index is 2.81. The molecule has 4 nitrogen and oxygen atoms in total. The van der Waals surface area contributed by atoms with Crippen molar-refractivity contribution in [3.05, 3.63) is 22.8 Å². The van der Waals surface area contributed by atoms with Crippen molar-refractivity contribution < 1.29 is 0 Å². The molecule has 1 unspecified atom stereocenters. The van der Waals surface area contributed by atoms with Crippen molar-refractivity contribution >= 4 is 29.2 Å². The number of anilines is 1. The number of pyridine rings is 1. The van der Waals surface area contributed by atoms with Crippen LogP contribution in [0.1, 0.15) is 25.5 Å². The second kappa shape index (κ2) is 6.30. The van der Waals surface area contributed by atoms with Gasteiger partial charge in [0.2, 0.25) is 0 Å². The van der Waals surface area contributed by atoms with Crippen LogP contribution in [0.4, 0.5) is 5.82 Å². The topological polar surface area (TPSA) is 77.0 Å². The lowest BCUT2D eigenvalue weighted by Gasteiger charge is -2.18. The van der Waals surface area contributed by atoms with E-state index in [1.54, 1.807) is 17.8 Å². The monoisotopic (exact) mass is 260 g/mol. The Morgan fingerprint density at radius 1 is 1.56 bits per heavy atom. The molecule has 1 atom stereocenters. The summed E-state index contributed by atoms with van der Waals surface area (Å²) in [5.74, 6) is 6.82. The minimum absolute atomic E-state index is 0.0291. The number of nitrogen functional groups attached to an aromatic ring is 1. The Bertz CT molecular complexity index is 346. The summed E-state index contributed by atoms with van der Waals surface area (Å²) in [4.78, 5) is 4.02. The molecule has 90 valence electrons. The predicted octanol–water partition coefficient (Wildman–Crippen LogP) is 1.96. The molecule has 6 heteroatoms. The SMILES string of the molecule is CC(C)SCC(NN)c1cc(Cl)cnc1N. The van der Waals surface area contributed by atoms with Crippen LogP contribution in [0.25, 0.3) is 0 Å². The summed E-state index contributed by atoms with van der Waals surface area (Å²) in [6.07, 6.45) is 1.53. The Kier molecular flexibility index (Phi) is 5.34. The first-order valence-electron chi connectivity index (χ1n) is 5.03. The molecule has 1 aromatic rings. The first-order chi connectivity index (χ1) is 7.54. The molecule has 1 rings (SSSR count). The van der Waals surface area contributed by atoms with Gasteiger partial charge in [-0.05, 0) is 11.3 Å². The molecule has 0 amide bonds. The summed E-state index contributed by atoms with van der Waals surface area (Å²) in [5, 5.41) is 1.11. The highest BCUT2D eigenvalue weighted by molar-refractivity contribution is 7.99. The Morgan fingerprint density at radius 2 is 2.25 bits per heavy atom. The van der Waals surface area contributed by atoms with E-state index < -0.39 is 0 Å². The van der Waals surface area contributed by atoms with E-state index in [0.29, 0.717) is 16.1 Å². The van der Waals surface area contributed by atoms with Gasteiger partial charge in [0.1, 0.15) is 5.82 Å². The fourth-order valence-electron chi connectivity index (χ4n) is 1.26. The van der Waals surface area contributed by atoms with E-state index in [4.69, 9.17) is 23.2 Å². The standard InChI is InChI=1S/C10H17ClN4S/c1-6(2)16-5-9(15-13)8-3-7(11)4-14-10(8)12/h3-4,6,9,15H,5,13H2,1-2H3,(H2,12,14). The normalized spacial score (nSPS) is 13.1. The molecule has 0 spiro atoms. The van der Waals surface area contributed by atoms with Crippen LogP contribution in [0.2, 0.25) is 5.02 Å². The summed E-state index contributed by atoms with van der Waals surface area (Å²) in [6.45, 7) is 4.27. The van der Waals surface area contributed by atoms with Crippen LogP contribution in [-0.4, -0.2) is 16.0 Å². The van der Waals surface area contributed by atoms with Gasteiger partial charge >= 0.3 is 0 Å². The molecular formula is C10H17ClN4S. The van der Waals surface area contributed by atoms with E-state index in [0.717, 1.165) is 11.3 Å². The molecule has 5 N–H and O–H groups in total. The zero-order chi connectivity index (χ0) is 12.1. The molecule has 0 aliphatic carbocycles. The fraction of sp³-hybridized carbons (Fsp3) is 0.500. The van der Waals surface area contributed by atoms with Gasteiger partial charge in [-0.1, -0.05) is 25.4 Å². The van der Waals surface area contributed by atoms with Crippen molar-refractivity contribution in [2.75, 3.05) is 11.5 Å². The zero-order valence-corrected chi connectivity index (χ0v) is 11.0. The molecule has 0 aromatic carbocycles. The summed E-state index contributed by atoms with van der Waals surface area (Å²) < 4.78 is 0. The molecule has 0 saturated heterocycles. The number of rotatable bonds is 5. The zero-order valence-electron chi connectivity index (χ0n) is 9.40. The summed E-state index contributed by atoms with van der Waals surface area (Å²) in [7, 11) is 0. The summed E-state index contributed by atoms with van der Waals surface area (Å²) in [6, 6.07) is 1.77. The summed E-state index contributed by atoms with van der Waals surface area (Å²) in [5.41, 5.74) is 9.39. The van der Waals surface area contributed by atoms with E-state index in [1.165, 1.54) is 6.20 Å². The van der Waals surface area contributed by atoms with Crippen molar-refractivity contribution in [3.63, 3.8) is 0 Å². The smallest absolute Gasteiger partial charge is 0.128 e. The maximum absolute atomic E-state index is 5.89. The van der Waals surface area contributed by atoms with Crippen LogP contribution >= 0.6 is 23.4 Å². The van der Waals surface area contributed by atoms with E-state index in [9.17, 15) is 0 Å². The van der Waals surface area contributed by atoms with Gasteiger partial charge in [0.05, 0.1) is 11.1 Å². The van der Waals surface area contributed by atoms with Crippen molar-refractivity contribution in [1.29, 1.82) is 0 Å². The number of nitrogens with zero attached hydrogens (tertiary/aromatic N) is 1. The van der Waals surface area contributed by atoms with E-state index in [2.05, 4.69) is 24.3 Å². The lowest BCUT2D eigenvalue weighted by molar-refractivity contribution is 0.610. The third-order valence-corrected chi connectivity index (χ3v) is 3.49. The van der Waals surface area contributed by atoms with E-state index in [1.807, 2.05) is 0 Å². The van der Waals surface area contributed by atoms with Gasteiger partial charge < -0.3 is 5.73 Å². The van der Waals surface area contributed by atoms with Crippen LogP contribution in [-0.2, 0) is 0 Å². The van der Waals surface area contributed by atoms with E-state index in [-0.39, 0.29) is 6.04 Å². The molecule has 16 heavy (non-hydrogen) atoms. The largest absolute Gasteiger partial charge is 0.383 e. The van der Waals surface area contributed by atoms with Crippen molar-refractivity contribution in [3.8, 4) is 0 Å². The molecule has 0 aliphatic heterocycles. The van der Waals surface area contributed by atoms with Crippen molar-refractivity contribution in [1.82, 2.24) is 10.4 Å². The van der Waals surface area contributed by atoms with Gasteiger partial charge in [-0.2, -0.15) is 11.8 Å². The third-order valence-electron chi connectivity index (χ3n) is 2.09. The average Bonchev–Trinajstić information content (AvgIpc) is 2.23. The van der Waals surface area contributed by atoms with Crippen molar-refractivity contribution in [2.24, 2.45) is 5.84 Å². The number of nitrogens with two attached hydrogens (primary N) is 2. The Hall–Kier alpha value is -0.490. The van der Waals surface area contributed by atoms with Crippen LogP contribution in [0, 0.1) is 0 Å². The minimum atomic E-state index is -0.0291. The number of halogens is 1. The maximum Gasteiger partial charge on any atom is 0.128 e. The second-order valence-corrected chi connectivity index (χ2v) is 5.78. The third kappa shape index (κ3) is 3.83. The molecule has 0 saturated carbocycles. The van der Waals surface area contributed by atoms with Crippen LogP contribution in [0.3, 0.4) is 0 Å². The highest BCUT2D eigenvalue weighted by Crippen LogP contribution is 2.25. The van der Waals surface area contributed by atoms with Crippen LogP contribution in [0.5, 0.6) is 0 Å². The lowest BCUT2D eigenvalue weighted by atomic mass is 10.1. The average molecular weight is 261 g/mol. The Labute approximate surface area is 105 Å². The number of hydrazine groups is 1. The second-order valence-electron chi connectivity index (χ2n) is 3.73. The van der Waals surface area contributed by atoms with E-state index >= 15 is 0 Å². The summed E-state index contributed by atoms with van der Waals surface area (Å²) >= 11 is 7.69. The molecule has 0 aliphatic rings. The quantitative estimate of drug-likeness (QED) is 0.557. The first kappa shape index (κ1) is 13.6. The van der Waals surface area contributed by atoms with Gasteiger partial charge in [-0.25, -0.2) is 4.98 Å². The highest BCUT2D eigenvalue weighted by atomic mass is 35.5. The maximum atomic E-state index is 5.89. The van der Waals surface area contributed by atoms with Crippen molar-refractivity contribution in [2.45, 2.75) is 25.1 Å². The highest BCUT2D eigenvalue weighted by Gasteiger charge is 2.15. The minimum Gasteiger partial charge on any atom is -0.383 e. The molecule has 1 aromatic heterocycles. The fourth-order valence-corrected chi connectivity index (χ4v) is 2.28. The number of hydrogen-bond donors (Lipinski definition) is 3. The number of hydrogen-bond acceptors (Lipinski definition) is 5. The molecule has 0 radical (unpaired) electrons. The molecular weight excluding hydrogens is 244 g/mol. The van der Waals surface area contributed by atoms with Gasteiger partial charge in [0.25, 0.3) is 0 Å². The molecule has 0 bridgehead atoms. The predicted molar refractivity (Wildman–Crippen MR) is 71.3 cm³/mol. The first-order valence-corrected chi connectivity index (χ1v) is 6.46. The Morgan fingerprint density at radius 3 is 2.81 bits per heavy atom. The van der Waals surface area contributed by atoms with Crippen LogP contribution < -0.4 is 17.0 Å². The van der Waals surface area contributed by atoms with Gasteiger partial charge in [-0.3, -0.25) is 11.3 Å². The molecule has 0 fully saturated rings. The lowest BCUT2D eigenvalue weighted by Crippen LogP contribution is -2.30. The van der Waals surface area contributed by atoms with Crippen LogP contribution in [0.15, 0.2) is 12.3 Å². The molecule has 1 heterocycles. The number of nitrogens with one attached hydrogen (secondary N) is 1. The number of thioether (sulfide) groups is 1. The van der Waals surface area contributed by atoms with Gasteiger partial charge in [0, 0.05) is 17.5 Å². The van der Waals surface area contributed by atoms with Gasteiger partial charge in [0.15, 0.2) is 0 Å². The van der Waals surface area contributed by atoms with Gasteiger partial charge in [-0.15, -0.1) is 0 Å².